The molecule has 0 amide bonds. The van der Waals surface area contributed by atoms with Crippen molar-refractivity contribution in [2.75, 3.05) is 25.1 Å². The number of rotatable bonds is 5. The summed E-state index contributed by atoms with van der Waals surface area (Å²) in [5, 5.41) is 13.9. The normalized spacial score (nSPS) is 24.9. The van der Waals surface area contributed by atoms with Gasteiger partial charge in [0.15, 0.2) is 0 Å². The van der Waals surface area contributed by atoms with Gasteiger partial charge in [-0.1, -0.05) is 6.92 Å². The SMILES string of the molecule is CCCc1nsc(NCC2(O)CCOC2)n1. The van der Waals surface area contributed by atoms with E-state index < -0.39 is 5.60 Å². The summed E-state index contributed by atoms with van der Waals surface area (Å²) in [5.74, 6) is 0.879. The van der Waals surface area contributed by atoms with Crippen molar-refractivity contribution in [1.29, 1.82) is 0 Å². The lowest BCUT2D eigenvalue weighted by molar-refractivity contribution is 0.0382. The average molecular weight is 243 g/mol. The van der Waals surface area contributed by atoms with E-state index in [2.05, 4.69) is 21.6 Å². The first kappa shape index (κ1) is 11.8. The zero-order chi connectivity index (χ0) is 11.4. The van der Waals surface area contributed by atoms with Gasteiger partial charge in [0.05, 0.1) is 6.61 Å². The molecule has 16 heavy (non-hydrogen) atoms. The summed E-state index contributed by atoms with van der Waals surface area (Å²) < 4.78 is 9.40. The molecule has 0 radical (unpaired) electrons. The smallest absolute Gasteiger partial charge is 0.202 e. The Morgan fingerprint density at radius 1 is 1.62 bits per heavy atom. The van der Waals surface area contributed by atoms with Gasteiger partial charge in [-0.15, -0.1) is 0 Å². The van der Waals surface area contributed by atoms with Gasteiger partial charge >= 0.3 is 0 Å². The quantitative estimate of drug-likeness (QED) is 0.809. The summed E-state index contributed by atoms with van der Waals surface area (Å²) in [4.78, 5) is 4.34. The maximum atomic E-state index is 10.0. The number of aliphatic hydroxyl groups is 1. The second-order valence-corrected chi connectivity index (χ2v) is 4.90. The van der Waals surface area contributed by atoms with Crippen LogP contribution in [0.3, 0.4) is 0 Å². The van der Waals surface area contributed by atoms with Gasteiger partial charge in [0.1, 0.15) is 11.4 Å². The molecule has 6 heteroatoms. The van der Waals surface area contributed by atoms with Crippen molar-refractivity contribution in [1.82, 2.24) is 9.36 Å². The highest BCUT2D eigenvalue weighted by Crippen LogP contribution is 2.20. The monoisotopic (exact) mass is 243 g/mol. The Labute approximate surface area is 99.0 Å². The Kier molecular flexibility index (Phi) is 3.73. The van der Waals surface area contributed by atoms with Crippen LogP contribution in [-0.4, -0.2) is 39.8 Å². The summed E-state index contributed by atoms with van der Waals surface area (Å²) in [6.07, 6.45) is 2.64. The molecule has 1 saturated heterocycles. The molecule has 2 N–H and O–H groups in total. The van der Waals surface area contributed by atoms with Crippen LogP contribution in [0, 0.1) is 0 Å². The van der Waals surface area contributed by atoms with E-state index in [4.69, 9.17) is 4.74 Å². The van der Waals surface area contributed by atoms with Crippen LogP contribution < -0.4 is 5.32 Å². The Hall–Kier alpha value is -0.720. The molecule has 5 nitrogen and oxygen atoms in total. The van der Waals surface area contributed by atoms with Gasteiger partial charge in [-0.05, 0) is 6.42 Å². The molecule has 0 saturated carbocycles. The highest BCUT2D eigenvalue weighted by Gasteiger charge is 2.32. The second-order valence-electron chi connectivity index (χ2n) is 4.15. The minimum Gasteiger partial charge on any atom is -0.386 e. The number of hydrogen-bond donors (Lipinski definition) is 2. The lowest BCUT2D eigenvalue weighted by Crippen LogP contribution is -2.37. The summed E-state index contributed by atoms with van der Waals surface area (Å²) in [7, 11) is 0. The lowest BCUT2D eigenvalue weighted by atomic mass is 10.0. The summed E-state index contributed by atoms with van der Waals surface area (Å²) >= 11 is 1.35. The van der Waals surface area contributed by atoms with Crippen molar-refractivity contribution in [2.45, 2.75) is 31.8 Å². The van der Waals surface area contributed by atoms with Crippen molar-refractivity contribution < 1.29 is 9.84 Å². The van der Waals surface area contributed by atoms with Gasteiger partial charge in [-0.2, -0.15) is 4.37 Å². The molecule has 0 aliphatic carbocycles. The lowest BCUT2D eigenvalue weighted by Gasteiger charge is -2.19. The van der Waals surface area contributed by atoms with Crippen LogP contribution in [0.2, 0.25) is 0 Å². The zero-order valence-electron chi connectivity index (χ0n) is 9.40. The van der Waals surface area contributed by atoms with Crippen molar-refractivity contribution >= 4 is 16.7 Å². The highest BCUT2D eigenvalue weighted by atomic mass is 32.1. The first-order valence-electron chi connectivity index (χ1n) is 5.58. The summed E-state index contributed by atoms with van der Waals surface area (Å²) in [6, 6.07) is 0. The first-order chi connectivity index (χ1) is 7.72. The van der Waals surface area contributed by atoms with Crippen LogP contribution in [-0.2, 0) is 11.2 Å². The van der Waals surface area contributed by atoms with Crippen LogP contribution in [0.5, 0.6) is 0 Å². The highest BCUT2D eigenvalue weighted by molar-refractivity contribution is 7.09. The van der Waals surface area contributed by atoms with Gasteiger partial charge in [0, 0.05) is 37.5 Å². The maximum Gasteiger partial charge on any atom is 0.202 e. The number of nitrogens with one attached hydrogen (secondary N) is 1. The number of ether oxygens (including phenoxy) is 1. The molecule has 1 aliphatic rings. The van der Waals surface area contributed by atoms with Crippen LogP contribution in [0.25, 0.3) is 0 Å². The molecule has 90 valence electrons. The van der Waals surface area contributed by atoms with Crippen molar-refractivity contribution in [3.05, 3.63) is 5.82 Å². The maximum absolute atomic E-state index is 10.0. The molecule has 2 heterocycles. The molecule has 1 unspecified atom stereocenters. The van der Waals surface area contributed by atoms with Gasteiger partial charge in [0.2, 0.25) is 5.13 Å². The fourth-order valence-corrected chi connectivity index (χ4v) is 2.23. The molecular formula is C10H17N3O2S. The molecular weight excluding hydrogens is 226 g/mol. The van der Waals surface area contributed by atoms with Gasteiger partial charge in [0.25, 0.3) is 0 Å². The van der Waals surface area contributed by atoms with E-state index in [1.54, 1.807) is 0 Å². The fraction of sp³-hybridized carbons (Fsp3) is 0.800. The molecule has 2 rings (SSSR count). The number of aryl methyl sites for hydroxylation is 1. The predicted octanol–water partition coefficient (Wildman–Crippen LogP) is 1.05. The van der Waals surface area contributed by atoms with Crippen LogP contribution in [0.15, 0.2) is 0 Å². The zero-order valence-corrected chi connectivity index (χ0v) is 10.2. The van der Waals surface area contributed by atoms with E-state index in [1.807, 2.05) is 0 Å². The third-order valence-corrected chi connectivity index (χ3v) is 3.30. The molecule has 0 spiro atoms. The number of aromatic nitrogens is 2. The van der Waals surface area contributed by atoms with Crippen molar-refractivity contribution in [2.24, 2.45) is 0 Å². The Morgan fingerprint density at radius 2 is 2.50 bits per heavy atom. The third kappa shape index (κ3) is 2.90. The largest absolute Gasteiger partial charge is 0.386 e. The number of anilines is 1. The third-order valence-electron chi connectivity index (χ3n) is 2.59. The van der Waals surface area contributed by atoms with Crippen LogP contribution in [0.1, 0.15) is 25.6 Å². The molecule has 1 aromatic heterocycles. The average Bonchev–Trinajstić information content (AvgIpc) is 2.86. The first-order valence-corrected chi connectivity index (χ1v) is 6.36. The van der Waals surface area contributed by atoms with E-state index in [9.17, 15) is 5.11 Å². The van der Waals surface area contributed by atoms with Gasteiger partial charge in [-0.25, -0.2) is 4.98 Å². The second kappa shape index (κ2) is 5.07. The summed E-state index contributed by atoms with van der Waals surface area (Å²) in [5.41, 5.74) is -0.739. The van der Waals surface area contributed by atoms with E-state index in [0.717, 1.165) is 23.8 Å². The van der Waals surface area contributed by atoms with Gasteiger partial charge in [-0.3, -0.25) is 0 Å². The summed E-state index contributed by atoms with van der Waals surface area (Å²) in [6.45, 7) is 3.62. The van der Waals surface area contributed by atoms with Crippen LogP contribution in [0.4, 0.5) is 5.13 Å². The minimum atomic E-state index is -0.739. The molecule has 0 aromatic carbocycles. The number of nitrogens with zero attached hydrogens (tertiary/aromatic N) is 2. The molecule has 1 aliphatic heterocycles. The van der Waals surface area contributed by atoms with E-state index in [0.29, 0.717) is 26.2 Å². The predicted molar refractivity (Wildman–Crippen MR) is 62.8 cm³/mol. The van der Waals surface area contributed by atoms with Gasteiger partial charge < -0.3 is 15.2 Å². The Bertz CT molecular complexity index is 337. The molecule has 1 atom stereocenters. The standard InChI is InChI=1S/C10H17N3O2S/c1-2-3-8-12-9(16-13-8)11-6-10(14)4-5-15-7-10/h14H,2-7H2,1H3,(H,11,12,13). The molecule has 0 bridgehead atoms. The Morgan fingerprint density at radius 3 is 3.19 bits per heavy atom. The van der Waals surface area contributed by atoms with Crippen molar-refractivity contribution in [3.63, 3.8) is 0 Å². The number of hydrogen-bond acceptors (Lipinski definition) is 6. The van der Waals surface area contributed by atoms with E-state index in [1.165, 1.54) is 11.5 Å². The Balaban J connectivity index is 1.84. The van der Waals surface area contributed by atoms with E-state index in [-0.39, 0.29) is 0 Å². The van der Waals surface area contributed by atoms with E-state index >= 15 is 0 Å². The molecule has 1 aromatic rings. The minimum absolute atomic E-state index is 0.403. The molecule has 1 fully saturated rings. The van der Waals surface area contributed by atoms with Crippen molar-refractivity contribution in [3.8, 4) is 0 Å². The topological polar surface area (TPSA) is 67.3 Å². The van der Waals surface area contributed by atoms with Crippen LogP contribution >= 0.6 is 11.5 Å². The fourth-order valence-electron chi connectivity index (χ4n) is 1.63.